The third-order valence-electron chi connectivity index (χ3n) is 5.10. The zero-order valence-electron chi connectivity index (χ0n) is 18.8. The first-order valence-corrected chi connectivity index (χ1v) is 11.4. The molecule has 11 heteroatoms. The van der Waals surface area contributed by atoms with E-state index >= 15 is 0 Å². The minimum atomic E-state index is -0.325. The van der Waals surface area contributed by atoms with Crippen molar-refractivity contribution < 1.29 is 18.4 Å². The predicted molar refractivity (Wildman–Crippen MR) is 127 cm³/mol. The molecule has 3 heterocycles. The van der Waals surface area contributed by atoms with Crippen LogP contribution in [0.25, 0.3) is 28.5 Å². The van der Waals surface area contributed by atoms with Crippen LogP contribution in [0.4, 0.5) is 4.39 Å². The normalized spacial score (nSPS) is 10.9. The minimum absolute atomic E-state index is 0.325. The van der Waals surface area contributed by atoms with E-state index in [0.29, 0.717) is 45.5 Å². The number of rotatable bonds is 8. The van der Waals surface area contributed by atoms with Gasteiger partial charge >= 0.3 is 0 Å². The number of benzene rings is 2. The van der Waals surface area contributed by atoms with Gasteiger partial charge in [0.15, 0.2) is 11.0 Å². The van der Waals surface area contributed by atoms with Crippen LogP contribution in [-0.4, -0.2) is 44.1 Å². The quantitative estimate of drug-likeness (QED) is 0.283. The van der Waals surface area contributed by atoms with Crippen molar-refractivity contribution in [1.82, 2.24) is 29.9 Å². The smallest absolute Gasteiger partial charge is 0.237 e. The molecule has 2 aromatic carbocycles. The topological polar surface area (TPSA) is 101 Å². The predicted octanol–water partition coefficient (Wildman–Crippen LogP) is 4.83. The molecule has 0 atom stereocenters. The van der Waals surface area contributed by atoms with Crippen LogP contribution in [0.15, 0.2) is 76.7 Å². The van der Waals surface area contributed by atoms with Crippen LogP contribution >= 0.6 is 11.8 Å². The number of nitrogens with zero attached hydrogens (tertiary/aromatic N) is 6. The summed E-state index contributed by atoms with van der Waals surface area (Å²) < 4.78 is 31.6. The van der Waals surface area contributed by atoms with Gasteiger partial charge in [0.2, 0.25) is 11.7 Å². The molecule has 3 aromatic heterocycles. The molecule has 0 saturated carbocycles. The molecule has 0 aliphatic heterocycles. The summed E-state index contributed by atoms with van der Waals surface area (Å²) in [6, 6.07) is 15.2. The van der Waals surface area contributed by atoms with Crippen molar-refractivity contribution in [3.8, 4) is 40.0 Å². The molecule has 5 aromatic rings. The molecule has 0 N–H and O–H groups in total. The number of methoxy groups -OCH3 is 2. The number of halogens is 1. The molecule has 0 saturated heterocycles. The lowest BCUT2D eigenvalue weighted by molar-refractivity contribution is 0.388. The average molecular weight is 491 g/mol. The maximum Gasteiger partial charge on any atom is 0.237 e. The molecule has 0 amide bonds. The molecular weight excluding hydrogens is 471 g/mol. The van der Waals surface area contributed by atoms with Crippen molar-refractivity contribution in [2.24, 2.45) is 0 Å². The van der Waals surface area contributed by atoms with Gasteiger partial charge in [-0.3, -0.25) is 9.55 Å². The van der Waals surface area contributed by atoms with E-state index in [4.69, 9.17) is 14.0 Å². The Morgan fingerprint density at radius 1 is 0.971 bits per heavy atom. The van der Waals surface area contributed by atoms with Crippen molar-refractivity contribution in [2.75, 3.05) is 14.2 Å². The Bertz CT molecular complexity index is 1440. The lowest BCUT2D eigenvalue weighted by Gasteiger charge is -2.09. The zero-order chi connectivity index (χ0) is 24.2. The Hall–Kier alpha value is -4.25. The highest BCUT2D eigenvalue weighted by atomic mass is 32.2. The maximum atomic E-state index is 13.6. The van der Waals surface area contributed by atoms with E-state index in [9.17, 15) is 4.39 Å². The van der Waals surface area contributed by atoms with Gasteiger partial charge in [0, 0.05) is 29.7 Å². The second-order valence-electron chi connectivity index (χ2n) is 7.22. The Labute approximate surface area is 204 Å². The van der Waals surface area contributed by atoms with E-state index in [-0.39, 0.29) is 5.82 Å². The number of hydrogen-bond acceptors (Lipinski definition) is 9. The Morgan fingerprint density at radius 2 is 1.77 bits per heavy atom. The van der Waals surface area contributed by atoms with E-state index in [2.05, 4.69) is 25.3 Å². The third-order valence-corrected chi connectivity index (χ3v) is 6.01. The number of ether oxygens (including phenoxy) is 2. The number of thioether (sulfide) groups is 1. The summed E-state index contributed by atoms with van der Waals surface area (Å²) in [5, 5.41) is 13.4. The Morgan fingerprint density at radius 3 is 2.51 bits per heavy atom. The molecule has 9 nitrogen and oxygen atoms in total. The fraction of sp³-hybridized carbons (Fsp3) is 0.125. The number of hydrogen-bond donors (Lipinski definition) is 0. The highest BCUT2D eigenvalue weighted by molar-refractivity contribution is 7.98. The summed E-state index contributed by atoms with van der Waals surface area (Å²) in [6.45, 7) is 0. The molecule has 0 unspecified atom stereocenters. The maximum absolute atomic E-state index is 13.6. The zero-order valence-corrected chi connectivity index (χ0v) is 19.6. The summed E-state index contributed by atoms with van der Waals surface area (Å²) in [6.07, 6.45) is 3.36. The van der Waals surface area contributed by atoms with Gasteiger partial charge < -0.3 is 14.0 Å². The van der Waals surface area contributed by atoms with Gasteiger partial charge in [0.25, 0.3) is 0 Å². The first-order valence-electron chi connectivity index (χ1n) is 10.5. The lowest BCUT2D eigenvalue weighted by atomic mass is 10.2. The molecular formula is C24H19FN6O3S. The second kappa shape index (κ2) is 9.94. The summed E-state index contributed by atoms with van der Waals surface area (Å²) in [7, 11) is 3.15. The molecule has 5 rings (SSSR count). The van der Waals surface area contributed by atoms with Gasteiger partial charge in [-0.25, -0.2) is 4.39 Å². The van der Waals surface area contributed by atoms with Gasteiger partial charge in [0.1, 0.15) is 17.3 Å². The highest BCUT2D eigenvalue weighted by Crippen LogP contribution is 2.33. The molecule has 0 radical (unpaired) electrons. The molecule has 0 spiro atoms. The lowest BCUT2D eigenvalue weighted by Crippen LogP contribution is -2.00. The van der Waals surface area contributed by atoms with E-state index in [0.717, 1.165) is 11.3 Å². The van der Waals surface area contributed by atoms with Crippen LogP contribution in [0.3, 0.4) is 0 Å². The fourth-order valence-electron chi connectivity index (χ4n) is 3.41. The van der Waals surface area contributed by atoms with Crippen molar-refractivity contribution in [1.29, 1.82) is 0 Å². The van der Waals surface area contributed by atoms with Crippen LogP contribution < -0.4 is 9.47 Å². The standard InChI is InChI=1S/C24H19FN6O3S/c1-32-18-7-8-19(20(13-18)33-2)22-27-21(34-30-22)14-35-24-29-28-23(15-9-11-26-12-10-15)31(24)17-5-3-16(25)4-6-17/h3-13H,14H2,1-2H3. The van der Waals surface area contributed by atoms with Crippen LogP contribution in [0.1, 0.15) is 5.89 Å². The SMILES string of the molecule is COc1ccc(-c2noc(CSc3nnc(-c4ccncc4)n3-c3ccc(F)cc3)n2)c(OC)c1. The second-order valence-corrected chi connectivity index (χ2v) is 8.16. The van der Waals surface area contributed by atoms with Crippen LogP contribution in [-0.2, 0) is 5.75 Å². The largest absolute Gasteiger partial charge is 0.497 e. The van der Waals surface area contributed by atoms with E-state index in [1.807, 2.05) is 22.8 Å². The first-order chi connectivity index (χ1) is 17.2. The molecule has 0 fully saturated rings. The van der Waals surface area contributed by atoms with Gasteiger partial charge in [-0.15, -0.1) is 10.2 Å². The van der Waals surface area contributed by atoms with Gasteiger partial charge in [0.05, 0.1) is 25.5 Å². The van der Waals surface area contributed by atoms with Crippen molar-refractivity contribution >= 4 is 11.8 Å². The Kier molecular flexibility index (Phi) is 6.40. The monoisotopic (exact) mass is 490 g/mol. The number of pyridine rings is 1. The van der Waals surface area contributed by atoms with Crippen LogP contribution in [0.5, 0.6) is 11.5 Å². The highest BCUT2D eigenvalue weighted by Gasteiger charge is 2.19. The first kappa shape index (κ1) is 22.5. The molecule has 0 bridgehead atoms. The molecule has 0 aliphatic carbocycles. The van der Waals surface area contributed by atoms with Crippen LogP contribution in [0, 0.1) is 5.82 Å². The van der Waals surface area contributed by atoms with Crippen molar-refractivity contribution in [3.63, 3.8) is 0 Å². The molecule has 0 aliphatic rings. The number of aromatic nitrogens is 6. The van der Waals surface area contributed by atoms with E-state index in [1.165, 1.54) is 23.9 Å². The van der Waals surface area contributed by atoms with Crippen molar-refractivity contribution in [3.05, 3.63) is 78.7 Å². The molecule has 35 heavy (non-hydrogen) atoms. The average Bonchev–Trinajstić information content (AvgIpc) is 3.55. The van der Waals surface area contributed by atoms with Crippen LogP contribution in [0.2, 0.25) is 0 Å². The Balaban J connectivity index is 1.43. The van der Waals surface area contributed by atoms with E-state index < -0.39 is 0 Å². The third kappa shape index (κ3) is 4.71. The van der Waals surface area contributed by atoms with E-state index in [1.54, 1.807) is 50.9 Å². The van der Waals surface area contributed by atoms with Gasteiger partial charge in [-0.1, -0.05) is 16.9 Å². The summed E-state index contributed by atoms with van der Waals surface area (Å²) in [4.78, 5) is 8.57. The van der Waals surface area contributed by atoms with Gasteiger partial charge in [-0.05, 0) is 48.5 Å². The summed E-state index contributed by atoms with van der Waals surface area (Å²) in [5.74, 6) is 2.67. The summed E-state index contributed by atoms with van der Waals surface area (Å²) in [5.41, 5.74) is 2.23. The minimum Gasteiger partial charge on any atom is -0.497 e. The fourth-order valence-corrected chi connectivity index (χ4v) is 4.20. The van der Waals surface area contributed by atoms with Gasteiger partial charge in [-0.2, -0.15) is 4.98 Å². The molecule has 176 valence electrons. The van der Waals surface area contributed by atoms with Crippen molar-refractivity contribution in [2.45, 2.75) is 10.9 Å². The summed E-state index contributed by atoms with van der Waals surface area (Å²) >= 11 is 1.37.